The van der Waals surface area contributed by atoms with Crippen LogP contribution in [0.1, 0.15) is 42.1 Å². The van der Waals surface area contributed by atoms with Gasteiger partial charge in [0.2, 0.25) is 0 Å². The number of hydrogen-bond donors (Lipinski definition) is 1. The fourth-order valence-corrected chi connectivity index (χ4v) is 3.22. The molecule has 1 N–H and O–H groups in total. The van der Waals surface area contributed by atoms with Crippen molar-refractivity contribution in [1.82, 2.24) is 0 Å². The molecule has 22 heavy (non-hydrogen) atoms. The minimum absolute atomic E-state index is 0.00648. The molecule has 2 fully saturated rings. The Bertz CT molecular complexity index is 613. The molecule has 2 heterocycles. The van der Waals surface area contributed by atoms with Gasteiger partial charge in [-0.3, -0.25) is 0 Å². The molecule has 1 aromatic rings. The number of halogens is 3. The van der Waals surface area contributed by atoms with Crippen molar-refractivity contribution in [2.45, 2.75) is 50.2 Å². The van der Waals surface area contributed by atoms with Gasteiger partial charge in [0.15, 0.2) is 0 Å². The van der Waals surface area contributed by atoms with Crippen molar-refractivity contribution < 1.29 is 32.5 Å². The average molecular weight is 316 g/mol. The molecule has 2 saturated heterocycles. The van der Waals surface area contributed by atoms with E-state index in [9.17, 15) is 18.0 Å². The first kappa shape index (κ1) is 15.1. The number of benzene rings is 1. The Hall–Kier alpha value is -1.76. The molecule has 2 bridgehead atoms. The van der Waals surface area contributed by atoms with Gasteiger partial charge in [0.25, 0.3) is 0 Å². The van der Waals surface area contributed by atoms with Crippen molar-refractivity contribution in [1.29, 1.82) is 0 Å². The summed E-state index contributed by atoms with van der Waals surface area (Å²) in [5, 5.41) is 8.97. The third-order valence-electron chi connectivity index (χ3n) is 4.30. The smallest absolute Gasteiger partial charge is 0.419 e. The number of ether oxygens (including phenoxy) is 2. The van der Waals surface area contributed by atoms with Crippen molar-refractivity contribution in [3.8, 4) is 5.75 Å². The molecule has 3 atom stereocenters. The third-order valence-corrected chi connectivity index (χ3v) is 4.30. The Kier molecular flexibility index (Phi) is 3.36. The summed E-state index contributed by atoms with van der Waals surface area (Å²) in [4.78, 5) is 11.0. The number of fused-ring (bicyclic) bond motifs is 2. The highest BCUT2D eigenvalue weighted by Gasteiger charge is 2.52. The first-order valence-corrected chi connectivity index (χ1v) is 6.98. The lowest BCUT2D eigenvalue weighted by Gasteiger charge is -2.33. The van der Waals surface area contributed by atoms with E-state index < -0.39 is 29.1 Å². The van der Waals surface area contributed by atoms with Crippen LogP contribution >= 0.6 is 0 Å². The topological polar surface area (TPSA) is 55.8 Å². The van der Waals surface area contributed by atoms with Crippen LogP contribution in [-0.2, 0) is 10.9 Å². The fourth-order valence-electron chi connectivity index (χ4n) is 3.22. The number of hydrogen-bond acceptors (Lipinski definition) is 3. The maximum atomic E-state index is 13.1. The maximum Gasteiger partial charge on any atom is 0.419 e. The summed E-state index contributed by atoms with van der Waals surface area (Å²) in [5.74, 6) is -1.75. The highest BCUT2D eigenvalue weighted by Crippen LogP contribution is 2.46. The van der Waals surface area contributed by atoms with E-state index in [4.69, 9.17) is 14.6 Å². The quantitative estimate of drug-likeness (QED) is 0.927. The van der Waals surface area contributed by atoms with E-state index in [-0.39, 0.29) is 17.8 Å². The van der Waals surface area contributed by atoms with Crippen LogP contribution in [0.2, 0.25) is 0 Å². The Morgan fingerprint density at radius 3 is 2.64 bits per heavy atom. The second kappa shape index (κ2) is 4.87. The molecule has 2 aliphatic rings. The summed E-state index contributed by atoms with van der Waals surface area (Å²) in [6, 6.07) is 2.61. The monoisotopic (exact) mass is 316 g/mol. The lowest BCUT2D eigenvalue weighted by molar-refractivity contribution is -0.140. The summed E-state index contributed by atoms with van der Waals surface area (Å²) in [5.41, 5.74) is -2.07. The van der Waals surface area contributed by atoms with Gasteiger partial charge in [0.05, 0.1) is 23.3 Å². The van der Waals surface area contributed by atoms with Gasteiger partial charge in [-0.2, -0.15) is 13.2 Å². The normalized spacial score (nSPS) is 30.5. The molecule has 0 aromatic heterocycles. The summed E-state index contributed by atoms with van der Waals surface area (Å²) in [6.07, 6.45) is -2.74. The van der Waals surface area contributed by atoms with E-state index in [0.717, 1.165) is 31.0 Å². The highest BCUT2D eigenvalue weighted by molar-refractivity contribution is 5.88. The molecule has 7 heteroatoms. The van der Waals surface area contributed by atoms with Crippen LogP contribution in [0.5, 0.6) is 5.75 Å². The van der Waals surface area contributed by atoms with Gasteiger partial charge in [-0.05, 0) is 38.0 Å². The predicted molar refractivity (Wildman–Crippen MR) is 69.9 cm³/mol. The molecule has 4 nitrogen and oxygen atoms in total. The van der Waals surface area contributed by atoms with Crippen molar-refractivity contribution in [3.63, 3.8) is 0 Å². The number of carboxylic acid groups (broad SMARTS) is 1. The largest absolute Gasteiger partial charge is 0.484 e. The minimum atomic E-state index is -4.61. The molecule has 3 unspecified atom stereocenters. The summed E-state index contributed by atoms with van der Waals surface area (Å²) < 4.78 is 50.6. The molecule has 1 aromatic carbocycles. The average Bonchev–Trinajstić information content (AvgIpc) is 2.96. The van der Waals surface area contributed by atoms with Crippen LogP contribution in [0.4, 0.5) is 13.2 Å². The molecule has 0 spiro atoms. The van der Waals surface area contributed by atoms with Gasteiger partial charge in [0, 0.05) is 6.42 Å². The molecular formula is C15H15F3O4. The Balaban J connectivity index is 1.97. The lowest BCUT2D eigenvalue weighted by Crippen LogP contribution is -2.42. The van der Waals surface area contributed by atoms with E-state index in [2.05, 4.69) is 0 Å². The molecule has 3 rings (SSSR count). The maximum absolute atomic E-state index is 13.1. The summed E-state index contributed by atoms with van der Waals surface area (Å²) in [6.45, 7) is 1.71. The van der Waals surface area contributed by atoms with Gasteiger partial charge < -0.3 is 14.6 Å². The SMILES string of the molecule is CC1(Oc2cc(C(=O)O)ccc2C(F)(F)F)CC2CCC1O2. The Morgan fingerprint density at radius 2 is 2.14 bits per heavy atom. The number of carboxylic acids is 1. The van der Waals surface area contributed by atoms with Crippen LogP contribution in [0.15, 0.2) is 18.2 Å². The fraction of sp³-hybridized carbons (Fsp3) is 0.533. The van der Waals surface area contributed by atoms with E-state index in [0.29, 0.717) is 6.42 Å². The number of aromatic carboxylic acids is 1. The van der Waals surface area contributed by atoms with E-state index in [1.54, 1.807) is 6.92 Å². The van der Waals surface area contributed by atoms with Crippen LogP contribution in [0.25, 0.3) is 0 Å². The number of rotatable bonds is 3. The summed E-state index contributed by atoms with van der Waals surface area (Å²) in [7, 11) is 0. The van der Waals surface area contributed by atoms with Crippen LogP contribution in [0, 0.1) is 0 Å². The Labute approximate surface area is 124 Å². The van der Waals surface area contributed by atoms with E-state index in [1.807, 2.05) is 0 Å². The summed E-state index contributed by atoms with van der Waals surface area (Å²) >= 11 is 0. The van der Waals surface area contributed by atoms with E-state index in [1.165, 1.54) is 0 Å². The third kappa shape index (κ3) is 2.54. The van der Waals surface area contributed by atoms with Crippen molar-refractivity contribution in [2.24, 2.45) is 0 Å². The van der Waals surface area contributed by atoms with Crippen LogP contribution in [0.3, 0.4) is 0 Å². The van der Waals surface area contributed by atoms with Crippen LogP contribution in [-0.4, -0.2) is 28.9 Å². The molecule has 0 radical (unpaired) electrons. The van der Waals surface area contributed by atoms with Crippen molar-refractivity contribution >= 4 is 5.97 Å². The molecule has 0 amide bonds. The van der Waals surface area contributed by atoms with Gasteiger partial charge in [-0.25, -0.2) is 4.79 Å². The van der Waals surface area contributed by atoms with Crippen molar-refractivity contribution in [3.05, 3.63) is 29.3 Å². The number of alkyl halides is 3. The standard InChI is InChI=1S/C15H15F3O4/c1-14(7-9-3-5-12(14)21-9)22-11-6-8(13(19)20)2-4-10(11)15(16,17)18/h2,4,6,9,12H,3,5,7H2,1H3,(H,19,20). The zero-order valence-electron chi connectivity index (χ0n) is 11.8. The van der Waals surface area contributed by atoms with Gasteiger partial charge >= 0.3 is 12.1 Å². The van der Waals surface area contributed by atoms with Gasteiger partial charge in [0.1, 0.15) is 11.4 Å². The van der Waals surface area contributed by atoms with Gasteiger partial charge in [-0.1, -0.05) is 0 Å². The minimum Gasteiger partial charge on any atom is -0.484 e. The van der Waals surface area contributed by atoms with Crippen molar-refractivity contribution in [2.75, 3.05) is 0 Å². The second-order valence-corrected chi connectivity index (χ2v) is 5.96. The molecular weight excluding hydrogens is 301 g/mol. The van der Waals surface area contributed by atoms with Gasteiger partial charge in [-0.15, -0.1) is 0 Å². The highest BCUT2D eigenvalue weighted by atomic mass is 19.4. The first-order valence-electron chi connectivity index (χ1n) is 6.98. The molecule has 2 aliphatic heterocycles. The van der Waals surface area contributed by atoms with E-state index >= 15 is 0 Å². The first-order chi connectivity index (χ1) is 10.2. The lowest BCUT2D eigenvalue weighted by atomic mass is 9.86. The zero-order valence-corrected chi connectivity index (χ0v) is 11.8. The molecule has 0 saturated carbocycles. The second-order valence-electron chi connectivity index (χ2n) is 5.96. The van der Waals surface area contributed by atoms with Crippen LogP contribution < -0.4 is 4.74 Å². The zero-order chi connectivity index (χ0) is 16.1. The molecule has 0 aliphatic carbocycles. The Morgan fingerprint density at radius 1 is 1.41 bits per heavy atom. The number of carbonyl (C=O) groups is 1. The molecule has 120 valence electrons. The predicted octanol–water partition coefficient (Wildman–Crippen LogP) is 3.49.